The van der Waals surface area contributed by atoms with Crippen molar-refractivity contribution in [3.8, 4) is 0 Å². The third kappa shape index (κ3) is 2.54. The molecule has 1 atom stereocenters. The van der Waals surface area contributed by atoms with E-state index in [1.165, 1.54) is 16.7 Å². The van der Waals surface area contributed by atoms with Gasteiger partial charge in [-0.15, -0.1) is 0 Å². The molecule has 0 bridgehead atoms. The van der Waals surface area contributed by atoms with E-state index in [-0.39, 0.29) is 0 Å². The molecule has 1 aliphatic heterocycles. The summed E-state index contributed by atoms with van der Waals surface area (Å²) in [4.78, 5) is 2.43. The molecule has 3 rings (SSSR count). The number of likely N-dealkylation sites (N-methyl/N-ethyl adjacent to an activating group) is 1. The minimum Gasteiger partial charge on any atom is -0.299 e. The summed E-state index contributed by atoms with van der Waals surface area (Å²) >= 11 is 0. The largest absolute Gasteiger partial charge is 0.299 e. The van der Waals surface area contributed by atoms with Crippen LogP contribution in [0.1, 0.15) is 24.5 Å². The Morgan fingerprint density at radius 3 is 1.80 bits per heavy atom. The number of hydrogen-bond donors (Lipinski definition) is 0. The third-order valence-corrected chi connectivity index (χ3v) is 4.21. The second-order valence-corrected chi connectivity index (χ2v) is 5.68. The van der Waals surface area contributed by atoms with Crippen LogP contribution in [-0.4, -0.2) is 24.5 Å². The van der Waals surface area contributed by atoms with Crippen molar-refractivity contribution in [3.63, 3.8) is 0 Å². The van der Waals surface area contributed by atoms with Crippen molar-refractivity contribution in [3.05, 3.63) is 77.4 Å². The quantitative estimate of drug-likeness (QED) is 0.784. The summed E-state index contributed by atoms with van der Waals surface area (Å²) in [5.74, 6) is 0. The van der Waals surface area contributed by atoms with E-state index in [1.54, 1.807) is 5.57 Å². The van der Waals surface area contributed by atoms with Crippen LogP contribution < -0.4 is 0 Å². The van der Waals surface area contributed by atoms with E-state index in [0.29, 0.717) is 6.04 Å². The maximum absolute atomic E-state index is 2.43. The van der Waals surface area contributed by atoms with Gasteiger partial charge in [0.2, 0.25) is 0 Å². The standard InChI is InChI=1S/C19H21N/c1-15-13-18(14-20(15)2)19(16-9-5-3-6-10-16)17-11-7-4-8-12-17/h3-12,15H,13-14H2,1-2H3/t15-/m1/s1. The lowest BCUT2D eigenvalue weighted by atomic mass is 9.92. The van der Waals surface area contributed by atoms with Crippen molar-refractivity contribution in [1.29, 1.82) is 0 Å². The molecule has 0 radical (unpaired) electrons. The molecular formula is C19H21N. The van der Waals surface area contributed by atoms with Crippen LogP contribution in [-0.2, 0) is 0 Å². The van der Waals surface area contributed by atoms with Gasteiger partial charge in [-0.25, -0.2) is 0 Å². The monoisotopic (exact) mass is 263 g/mol. The predicted octanol–water partition coefficient (Wildman–Crippen LogP) is 4.21. The summed E-state index contributed by atoms with van der Waals surface area (Å²) in [5.41, 5.74) is 5.63. The van der Waals surface area contributed by atoms with Gasteiger partial charge < -0.3 is 0 Å². The molecule has 2 aromatic carbocycles. The molecule has 102 valence electrons. The van der Waals surface area contributed by atoms with Crippen molar-refractivity contribution < 1.29 is 0 Å². The van der Waals surface area contributed by atoms with Crippen LogP contribution in [0.3, 0.4) is 0 Å². The van der Waals surface area contributed by atoms with E-state index in [1.807, 2.05) is 0 Å². The lowest BCUT2D eigenvalue weighted by Gasteiger charge is -2.13. The molecule has 1 fully saturated rings. The zero-order valence-corrected chi connectivity index (χ0v) is 12.2. The number of rotatable bonds is 2. The molecule has 20 heavy (non-hydrogen) atoms. The summed E-state index contributed by atoms with van der Waals surface area (Å²) in [5, 5.41) is 0. The predicted molar refractivity (Wildman–Crippen MR) is 85.6 cm³/mol. The van der Waals surface area contributed by atoms with Crippen molar-refractivity contribution in [2.45, 2.75) is 19.4 Å². The van der Waals surface area contributed by atoms with Crippen molar-refractivity contribution in [1.82, 2.24) is 4.90 Å². The maximum Gasteiger partial charge on any atom is 0.0202 e. The fourth-order valence-corrected chi connectivity index (χ4v) is 3.00. The van der Waals surface area contributed by atoms with Crippen LogP contribution in [0.2, 0.25) is 0 Å². The molecule has 0 spiro atoms. The highest BCUT2D eigenvalue weighted by Gasteiger charge is 2.24. The van der Waals surface area contributed by atoms with Crippen molar-refractivity contribution >= 4 is 5.57 Å². The van der Waals surface area contributed by atoms with E-state index in [0.717, 1.165) is 13.0 Å². The van der Waals surface area contributed by atoms with Crippen LogP contribution in [0.25, 0.3) is 5.57 Å². The molecule has 0 saturated carbocycles. The number of likely N-dealkylation sites (tertiary alicyclic amines) is 1. The Balaban J connectivity index is 2.13. The summed E-state index contributed by atoms with van der Waals surface area (Å²) < 4.78 is 0. The van der Waals surface area contributed by atoms with Crippen molar-refractivity contribution in [2.75, 3.05) is 13.6 Å². The fourth-order valence-electron chi connectivity index (χ4n) is 3.00. The Morgan fingerprint density at radius 1 is 0.900 bits per heavy atom. The summed E-state index contributed by atoms with van der Waals surface area (Å²) in [7, 11) is 2.21. The SMILES string of the molecule is C[C@@H]1CC(=C(c2ccccc2)c2ccccc2)CN1C. The molecule has 0 aliphatic carbocycles. The van der Waals surface area contributed by atoms with Gasteiger partial charge in [-0.3, -0.25) is 4.90 Å². The molecule has 1 aliphatic rings. The molecule has 1 saturated heterocycles. The Kier molecular flexibility index (Phi) is 3.70. The van der Waals surface area contributed by atoms with Crippen LogP contribution in [0.4, 0.5) is 0 Å². The minimum absolute atomic E-state index is 0.632. The van der Waals surface area contributed by atoms with Crippen LogP contribution in [0.15, 0.2) is 66.2 Å². The van der Waals surface area contributed by atoms with E-state index in [4.69, 9.17) is 0 Å². The van der Waals surface area contributed by atoms with Gasteiger partial charge in [-0.1, -0.05) is 60.7 Å². The molecule has 1 heterocycles. The third-order valence-electron chi connectivity index (χ3n) is 4.21. The van der Waals surface area contributed by atoms with E-state index < -0.39 is 0 Å². The molecule has 1 nitrogen and oxygen atoms in total. The summed E-state index contributed by atoms with van der Waals surface area (Å²) in [6, 6.07) is 22.2. The van der Waals surface area contributed by atoms with Gasteiger partial charge in [0.05, 0.1) is 0 Å². The maximum atomic E-state index is 2.43. The second kappa shape index (κ2) is 5.64. The molecule has 1 heteroatoms. The highest BCUT2D eigenvalue weighted by molar-refractivity contribution is 5.82. The van der Waals surface area contributed by atoms with Crippen molar-refractivity contribution in [2.24, 2.45) is 0 Å². The highest BCUT2D eigenvalue weighted by atomic mass is 15.1. The summed E-state index contributed by atoms with van der Waals surface area (Å²) in [6.45, 7) is 3.38. The average molecular weight is 263 g/mol. The second-order valence-electron chi connectivity index (χ2n) is 5.68. The first-order chi connectivity index (χ1) is 9.75. The fraction of sp³-hybridized carbons (Fsp3) is 0.263. The molecule has 0 unspecified atom stereocenters. The zero-order chi connectivity index (χ0) is 13.9. The number of benzene rings is 2. The Hall–Kier alpha value is -1.86. The molecule has 2 aromatic rings. The van der Waals surface area contributed by atoms with Gasteiger partial charge in [0.25, 0.3) is 0 Å². The summed E-state index contributed by atoms with van der Waals surface area (Å²) in [6.07, 6.45) is 1.16. The average Bonchev–Trinajstić information content (AvgIpc) is 2.81. The number of nitrogens with zero attached hydrogens (tertiary/aromatic N) is 1. The highest BCUT2D eigenvalue weighted by Crippen LogP contribution is 2.33. The number of hydrogen-bond acceptors (Lipinski definition) is 1. The lowest BCUT2D eigenvalue weighted by molar-refractivity contribution is 0.332. The van der Waals surface area contributed by atoms with Gasteiger partial charge >= 0.3 is 0 Å². The van der Waals surface area contributed by atoms with Gasteiger partial charge in [-0.05, 0) is 42.7 Å². The van der Waals surface area contributed by atoms with E-state index in [2.05, 4.69) is 79.5 Å². The van der Waals surface area contributed by atoms with Gasteiger partial charge in [-0.2, -0.15) is 0 Å². The first-order valence-corrected chi connectivity index (χ1v) is 7.29. The molecule has 0 amide bonds. The van der Waals surface area contributed by atoms with Gasteiger partial charge in [0.1, 0.15) is 0 Å². The molecule has 0 aromatic heterocycles. The lowest BCUT2D eigenvalue weighted by Crippen LogP contribution is -2.20. The minimum atomic E-state index is 0.632. The van der Waals surface area contributed by atoms with Crippen LogP contribution in [0, 0.1) is 0 Å². The zero-order valence-electron chi connectivity index (χ0n) is 12.2. The Morgan fingerprint density at radius 2 is 1.40 bits per heavy atom. The first-order valence-electron chi connectivity index (χ1n) is 7.29. The van der Waals surface area contributed by atoms with Gasteiger partial charge in [0, 0.05) is 12.6 Å². The van der Waals surface area contributed by atoms with E-state index >= 15 is 0 Å². The normalized spacial score (nSPS) is 19.3. The topological polar surface area (TPSA) is 3.24 Å². The van der Waals surface area contributed by atoms with E-state index in [9.17, 15) is 0 Å². The Bertz CT molecular complexity index is 545. The van der Waals surface area contributed by atoms with Crippen LogP contribution in [0.5, 0.6) is 0 Å². The first kappa shape index (κ1) is 13.1. The molecular weight excluding hydrogens is 242 g/mol. The van der Waals surface area contributed by atoms with Crippen LogP contribution >= 0.6 is 0 Å². The molecule has 0 N–H and O–H groups in total. The van der Waals surface area contributed by atoms with Gasteiger partial charge in [0.15, 0.2) is 0 Å². The smallest absolute Gasteiger partial charge is 0.0202 e. The Labute approximate surface area is 121 Å².